The lowest BCUT2D eigenvalue weighted by Crippen LogP contribution is -2.46. The molecule has 0 aliphatic carbocycles. The summed E-state index contributed by atoms with van der Waals surface area (Å²) in [5.41, 5.74) is 1.40. The van der Waals surface area contributed by atoms with Gasteiger partial charge in [-0.2, -0.15) is 0 Å². The second-order valence-corrected chi connectivity index (χ2v) is 8.01. The first-order valence-corrected chi connectivity index (χ1v) is 11.3. The summed E-state index contributed by atoms with van der Waals surface area (Å²) in [5, 5.41) is 2.65. The van der Waals surface area contributed by atoms with Gasteiger partial charge >= 0.3 is 6.09 Å². The smallest absolute Gasteiger partial charge is 0.407 e. The molecule has 160 valence electrons. The second-order valence-electron chi connectivity index (χ2n) is 6.87. The third-order valence-electron chi connectivity index (χ3n) is 4.71. The summed E-state index contributed by atoms with van der Waals surface area (Å²) in [6.45, 7) is 10.9. The third-order valence-corrected chi connectivity index (χ3v) is 5.98. The van der Waals surface area contributed by atoms with E-state index in [9.17, 15) is 4.79 Å². The van der Waals surface area contributed by atoms with Crippen LogP contribution in [0.2, 0.25) is 0 Å². The summed E-state index contributed by atoms with van der Waals surface area (Å²) in [6, 6.07) is 8.82. The fraction of sp³-hybridized carbons (Fsp3) is 0.667. The number of anilines is 1. The van der Waals surface area contributed by atoms with Gasteiger partial charge in [0.1, 0.15) is 0 Å². The average molecular weight is 430 g/mol. The van der Waals surface area contributed by atoms with Crippen LogP contribution >= 0.6 is 24.2 Å². The fourth-order valence-electron chi connectivity index (χ4n) is 3.24. The van der Waals surface area contributed by atoms with E-state index in [2.05, 4.69) is 46.3 Å². The number of benzene rings is 1. The van der Waals surface area contributed by atoms with E-state index in [-0.39, 0.29) is 18.5 Å². The molecule has 1 amide bonds. The molecule has 1 fully saturated rings. The predicted octanol–water partition coefficient (Wildman–Crippen LogP) is 4.65. The molecular weight excluding hydrogens is 394 g/mol. The summed E-state index contributed by atoms with van der Waals surface area (Å²) < 4.78 is 5.10. The molecule has 0 spiro atoms. The molecule has 1 heterocycles. The van der Waals surface area contributed by atoms with Crippen LogP contribution in [0.5, 0.6) is 0 Å². The zero-order valence-corrected chi connectivity index (χ0v) is 19.0. The quantitative estimate of drug-likeness (QED) is 0.409. The molecule has 0 bridgehead atoms. The van der Waals surface area contributed by atoms with Crippen molar-refractivity contribution in [1.82, 2.24) is 10.2 Å². The molecular formula is C21H36ClN3O2S. The summed E-state index contributed by atoms with van der Waals surface area (Å²) in [6.07, 6.45) is 4.13. The number of carbonyl (C=O) groups is 1. The normalized spacial score (nSPS) is 14.4. The molecule has 0 aromatic heterocycles. The molecule has 5 nitrogen and oxygen atoms in total. The van der Waals surface area contributed by atoms with E-state index >= 15 is 0 Å². The van der Waals surface area contributed by atoms with Crippen LogP contribution in [0.25, 0.3) is 0 Å². The first-order valence-electron chi connectivity index (χ1n) is 10.3. The number of thioether (sulfide) groups is 1. The number of hydrogen-bond acceptors (Lipinski definition) is 5. The lowest BCUT2D eigenvalue weighted by atomic mass is 10.2. The summed E-state index contributed by atoms with van der Waals surface area (Å²) in [7, 11) is 0. The second kappa shape index (κ2) is 14.8. The Labute approximate surface area is 181 Å². The van der Waals surface area contributed by atoms with Gasteiger partial charge in [0.05, 0.1) is 12.3 Å². The van der Waals surface area contributed by atoms with Crippen LogP contribution in [0.4, 0.5) is 10.5 Å². The number of carbonyl (C=O) groups excluding carboxylic acids is 1. The number of hydrogen-bond donors (Lipinski definition) is 1. The van der Waals surface area contributed by atoms with Gasteiger partial charge in [-0.05, 0) is 57.0 Å². The van der Waals surface area contributed by atoms with Crippen molar-refractivity contribution in [3.05, 3.63) is 24.3 Å². The molecule has 1 aliphatic heterocycles. The molecule has 0 radical (unpaired) electrons. The van der Waals surface area contributed by atoms with Gasteiger partial charge < -0.3 is 15.0 Å². The standard InChI is InChI=1S/C21H35N3O2S.ClH/c1-3-18-27-20-11-7-6-10-19(20)24-15-13-23(14-16-24)12-8-5-9-17-26-21(25)22-4-2;/h6-7,10-11H,3-5,8-9,12-18H2,1-2H3,(H,22,25);1H. The number of nitrogens with one attached hydrogen (secondary N) is 1. The fourth-order valence-corrected chi connectivity index (χ4v) is 4.18. The van der Waals surface area contributed by atoms with Crippen LogP contribution in [0.1, 0.15) is 39.5 Å². The zero-order chi connectivity index (χ0) is 19.3. The zero-order valence-electron chi connectivity index (χ0n) is 17.3. The molecule has 1 aliphatic rings. The molecule has 7 heteroatoms. The van der Waals surface area contributed by atoms with E-state index in [1.54, 1.807) is 0 Å². The number of alkyl carbamates (subject to hydrolysis) is 1. The van der Waals surface area contributed by atoms with Gasteiger partial charge in [-0.15, -0.1) is 24.2 Å². The molecule has 2 rings (SSSR count). The van der Waals surface area contributed by atoms with Crippen molar-refractivity contribution >= 4 is 35.9 Å². The Balaban J connectivity index is 0.00000392. The number of para-hydroxylation sites is 1. The monoisotopic (exact) mass is 429 g/mol. The summed E-state index contributed by atoms with van der Waals surface area (Å²) in [5.74, 6) is 1.18. The Morgan fingerprint density at radius 3 is 2.57 bits per heavy atom. The number of ether oxygens (including phenoxy) is 1. The van der Waals surface area contributed by atoms with Crippen LogP contribution in [0.3, 0.4) is 0 Å². The Kier molecular flexibility index (Phi) is 13.2. The number of piperazine rings is 1. The van der Waals surface area contributed by atoms with E-state index in [1.807, 2.05) is 18.7 Å². The van der Waals surface area contributed by atoms with Crippen LogP contribution in [-0.2, 0) is 4.74 Å². The maximum absolute atomic E-state index is 11.2. The first-order chi connectivity index (χ1) is 13.2. The summed E-state index contributed by atoms with van der Waals surface area (Å²) >= 11 is 1.97. The molecule has 0 atom stereocenters. The van der Waals surface area contributed by atoms with Crippen molar-refractivity contribution in [3.63, 3.8) is 0 Å². The predicted molar refractivity (Wildman–Crippen MR) is 122 cm³/mol. The lowest BCUT2D eigenvalue weighted by Gasteiger charge is -2.37. The van der Waals surface area contributed by atoms with E-state index in [1.165, 1.54) is 29.2 Å². The Morgan fingerprint density at radius 2 is 1.86 bits per heavy atom. The lowest BCUT2D eigenvalue weighted by molar-refractivity contribution is 0.143. The Morgan fingerprint density at radius 1 is 1.11 bits per heavy atom. The number of halogens is 1. The number of rotatable bonds is 11. The van der Waals surface area contributed by atoms with Crippen molar-refractivity contribution in [3.8, 4) is 0 Å². The molecule has 0 saturated carbocycles. The van der Waals surface area contributed by atoms with Crippen LogP contribution in [-0.4, -0.2) is 62.6 Å². The molecule has 1 aromatic rings. The molecule has 1 N–H and O–H groups in total. The van der Waals surface area contributed by atoms with Gasteiger partial charge in [0.2, 0.25) is 0 Å². The molecule has 0 unspecified atom stereocenters. The minimum absolute atomic E-state index is 0. The van der Waals surface area contributed by atoms with E-state index < -0.39 is 0 Å². The number of nitrogens with zero attached hydrogens (tertiary/aromatic N) is 2. The summed E-state index contributed by atoms with van der Waals surface area (Å²) in [4.78, 5) is 17.7. The highest BCUT2D eigenvalue weighted by atomic mass is 35.5. The Hall–Kier alpha value is -1.11. The average Bonchev–Trinajstić information content (AvgIpc) is 2.70. The molecule has 1 saturated heterocycles. The van der Waals surface area contributed by atoms with Gasteiger partial charge in [-0.25, -0.2) is 4.79 Å². The largest absolute Gasteiger partial charge is 0.450 e. The molecule has 1 aromatic carbocycles. The number of amides is 1. The van der Waals surface area contributed by atoms with Crippen molar-refractivity contribution in [2.24, 2.45) is 0 Å². The van der Waals surface area contributed by atoms with E-state index in [4.69, 9.17) is 4.74 Å². The van der Waals surface area contributed by atoms with Crippen molar-refractivity contribution in [1.29, 1.82) is 0 Å². The maximum Gasteiger partial charge on any atom is 0.407 e. The third kappa shape index (κ3) is 8.93. The van der Waals surface area contributed by atoms with E-state index in [0.717, 1.165) is 45.6 Å². The van der Waals surface area contributed by atoms with Crippen LogP contribution in [0, 0.1) is 0 Å². The minimum Gasteiger partial charge on any atom is -0.450 e. The van der Waals surface area contributed by atoms with Crippen molar-refractivity contribution in [2.75, 3.05) is 56.5 Å². The van der Waals surface area contributed by atoms with Gasteiger partial charge in [-0.1, -0.05) is 19.1 Å². The maximum atomic E-state index is 11.2. The SMILES string of the molecule is CCCSc1ccccc1N1CCN(CCCCCOC(=O)NCC)CC1.Cl. The Bertz CT molecular complexity index is 554. The van der Waals surface area contributed by atoms with Crippen molar-refractivity contribution in [2.45, 2.75) is 44.4 Å². The van der Waals surface area contributed by atoms with Gasteiger partial charge in [0.25, 0.3) is 0 Å². The highest BCUT2D eigenvalue weighted by molar-refractivity contribution is 7.99. The van der Waals surface area contributed by atoms with Crippen molar-refractivity contribution < 1.29 is 9.53 Å². The molecule has 28 heavy (non-hydrogen) atoms. The highest BCUT2D eigenvalue weighted by Gasteiger charge is 2.18. The highest BCUT2D eigenvalue weighted by Crippen LogP contribution is 2.31. The van der Waals surface area contributed by atoms with Gasteiger partial charge in [0, 0.05) is 37.6 Å². The van der Waals surface area contributed by atoms with Crippen LogP contribution in [0.15, 0.2) is 29.2 Å². The topological polar surface area (TPSA) is 44.8 Å². The number of unbranched alkanes of at least 4 members (excludes halogenated alkanes) is 2. The van der Waals surface area contributed by atoms with E-state index in [0.29, 0.717) is 13.2 Å². The minimum atomic E-state index is -0.300. The van der Waals surface area contributed by atoms with Gasteiger partial charge in [0.15, 0.2) is 0 Å². The first kappa shape index (κ1) is 24.9. The van der Waals surface area contributed by atoms with Gasteiger partial charge in [-0.3, -0.25) is 4.90 Å². The van der Waals surface area contributed by atoms with Crippen LogP contribution < -0.4 is 10.2 Å².